The number of amides is 2. The molecule has 0 fully saturated rings. The van der Waals surface area contributed by atoms with E-state index < -0.39 is 0 Å². The van der Waals surface area contributed by atoms with E-state index in [0.29, 0.717) is 86.6 Å². The number of hydrogen-bond acceptors (Lipinski definition) is 12. The molecule has 0 aliphatic rings. The Morgan fingerprint density at radius 2 is 1.00 bits per heavy atom. The number of aromatic nitrogens is 2. The van der Waals surface area contributed by atoms with Crippen LogP contribution in [0.2, 0.25) is 0 Å². The first-order valence-corrected chi connectivity index (χ1v) is 18.7. The molecule has 14 nitrogen and oxygen atoms in total. The summed E-state index contributed by atoms with van der Waals surface area (Å²) in [5, 5.41) is 30.7. The van der Waals surface area contributed by atoms with Crippen LogP contribution in [0.4, 0.5) is 0 Å². The van der Waals surface area contributed by atoms with Crippen LogP contribution in [-0.2, 0) is 49.1 Å². The fraction of sp³-hybridized carbons (Fsp3) is 0.273. The predicted octanol–water partition coefficient (Wildman–Crippen LogP) is 4.99. The van der Waals surface area contributed by atoms with Crippen LogP contribution < -0.4 is 40.2 Å². The van der Waals surface area contributed by atoms with Crippen LogP contribution in [0, 0.1) is 22.7 Å². The molecule has 4 N–H and O–H groups in total. The molecule has 14 heteroatoms. The summed E-state index contributed by atoms with van der Waals surface area (Å²) in [7, 11) is 0. The summed E-state index contributed by atoms with van der Waals surface area (Å²) < 4.78 is 24.9. The second-order valence-corrected chi connectivity index (χ2v) is 13.2. The van der Waals surface area contributed by atoms with Crippen LogP contribution in [0.1, 0.15) is 58.4 Å². The molecule has 5 aromatic rings. The van der Waals surface area contributed by atoms with Gasteiger partial charge in [0.25, 0.3) is 0 Å². The Morgan fingerprint density at radius 3 is 1.43 bits per heavy atom. The van der Waals surface area contributed by atoms with Crippen LogP contribution in [0.15, 0.2) is 97.6 Å². The van der Waals surface area contributed by atoms with Crippen molar-refractivity contribution in [2.24, 2.45) is 0 Å². The zero-order chi connectivity index (χ0) is 41.0. The van der Waals surface area contributed by atoms with Gasteiger partial charge in [-0.05, 0) is 41.5 Å². The summed E-state index contributed by atoms with van der Waals surface area (Å²) in [5.41, 5.74) is 6.15. The summed E-state index contributed by atoms with van der Waals surface area (Å²) in [6.45, 7) is 7.21. The first-order valence-electron chi connectivity index (χ1n) is 18.7. The number of rotatable bonds is 22. The lowest BCUT2D eigenvalue weighted by atomic mass is 10.1. The largest absolute Gasteiger partial charge is 0.489 e. The van der Waals surface area contributed by atoms with Gasteiger partial charge in [0.2, 0.25) is 11.8 Å². The van der Waals surface area contributed by atoms with E-state index >= 15 is 0 Å². The van der Waals surface area contributed by atoms with Crippen molar-refractivity contribution >= 4 is 11.8 Å². The van der Waals surface area contributed by atoms with E-state index in [1.807, 2.05) is 60.7 Å². The lowest BCUT2D eigenvalue weighted by molar-refractivity contribution is -0.119. The Bertz CT molecular complexity index is 2080. The van der Waals surface area contributed by atoms with Crippen molar-refractivity contribution < 1.29 is 28.5 Å². The number of nitrogens with zero attached hydrogens (tertiary/aromatic N) is 4. The molecule has 0 aliphatic carbocycles. The predicted molar refractivity (Wildman–Crippen MR) is 215 cm³/mol. The number of ether oxygens (including phenoxy) is 4. The highest BCUT2D eigenvalue weighted by Crippen LogP contribution is 2.28. The van der Waals surface area contributed by atoms with E-state index in [1.54, 1.807) is 24.5 Å². The minimum absolute atomic E-state index is 0.0827. The monoisotopic (exact) mass is 782 g/mol. The van der Waals surface area contributed by atoms with Gasteiger partial charge in [-0.25, -0.2) is 0 Å². The maximum absolute atomic E-state index is 11.2. The molecular formula is C44H46N8O6. The molecule has 3 aromatic carbocycles. The average Bonchev–Trinajstić information content (AvgIpc) is 3.24. The summed E-state index contributed by atoms with van der Waals surface area (Å²) in [6.07, 6.45) is 6.34. The van der Waals surface area contributed by atoms with Gasteiger partial charge in [-0.15, -0.1) is 0 Å². The Hall–Kier alpha value is -7.00. The van der Waals surface area contributed by atoms with Gasteiger partial charge in [-0.2, -0.15) is 10.5 Å². The van der Waals surface area contributed by atoms with E-state index in [2.05, 4.69) is 43.4 Å². The van der Waals surface area contributed by atoms with Gasteiger partial charge in [-0.1, -0.05) is 30.3 Å². The van der Waals surface area contributed by atoms with Gasteiger partial charge >= 0.3 is 0 Å². The quantitative estimate of drug-likeness (QED) is 0.0689. The van der Waals surface area contributed by atoms with E-state index in [0.717, 1.165) is 33.4 Å². The highest BCUT2D eigenvalue weighted by Gasteiger charge is 2.11. The first-order chi connectivity index (χ1) is 28.3. The number of benzene rings is 3. The zero-order valence-electron chi connectivity index (χ0n) is 32.5. The van der Waals surface area contributed by atoms with Crippen LogP contribution in [0.3, 0.4) is 0 Å². The van der Waals surface area contributed by atoms with Gasteiger partial charge in [0.1, 0.15) is 61.6 Å². The molecule has 58 heavy (non-hydrogen) atoms. The molecule has 0 bridgehead atoms. The fourth-order valence-corrected chi connectivity index (χ4v) is 5.63. The molecule has 0 aliphatic heterocycles. The van der Waals surface area contributed by atoms with Gasteiger partial charge in [0.15, 0.2) is 0 Å². The molecule has 298 valence electrons. The molecule has 0 spiro atoms. The number of hydrogen-bond donors (Lipinski definition) is 4. The second-order valence-electron chi connectivity index (χ2n) is 13.2. The van der Waals surface area contributed by atoms with Crippen molar-refractivity contribution in [1.29, 1.82) is 10.5 Å². The molecule has 0 saturated heterocycles. The lowest BCUT2D eigenvalue weighted by Gasteiger charge is -2.16. The Kier molecular flexibility index (Phi) is 16.4. The Balaban J connectivity index is 1.21. The van der Waals surface area contributed by atoms with Crippen molar-refractivity contribution in [2.45, 2.75) is 53.4 Å². The topological polar surface area (TPSA) is 193 Å². The van der Waals surface area contributed by atoms with Crippen LogP contribution in [-0.4, -0.2) is 48.0 Å². The molecule has 0 saturated carbocycles. The maximum Gasteiger partial charge on any atom is 0.216 e. The van der Waals surface area contributed by atoms with Crippen molar-refractivity contribution in [1.82, 2.24) is 31.2 Å². The van der Waals surface area contributed by atoms with Gasteiger partial charge in [0.05, 0.1) is 11.1 Å². The van der Waals surface area contributed by atoms with Crippen molar-refractivity contribution in [2.75, 3.05) is 26.2 Å². The highest BCUT2D eigenvalue weighted by atomic mass is 16.5. The third kappa shape index (κ3) is 14.3. The molecular weight excluding hydrogens is 737 g/mol. The SMILES string of the molecule is CC(=O)NCCNCc1ccc(OCc2cccc(COc3ccc(CNCCNC(C)=O)c(OCc4cncc(C#N)c4)c3)c2)cc1OCc1cncc(C#N)c1. The van der Waals surface area contributed by atoms with Crippen LogP contribution in [0.5, 0.6) is 23.0 Å². The number of carbonyl (C=O) groups excluding carboxylic acids is 2. The van der Waals surface area contributed by atoms with E-state index in [1.165, 1.54) is 26.2 Å². The highest BCUT2D eigenvalue weighted by molar-refractivity contribution is 5.73. The van der Waals surface area contributed by atoms with Crippen molar-refractivity contribution in [3.05, 3.63) is 142 Å². The summed E-state index contributed by atoms with van der Waals surface area (Å²) in [6, 6.07) is 27.0. The molecule has 0 atom stereocenters. The summed E-state index contributed by atoms with van der Waals surface area (Å²) in [4.78, 5) is 30.7. The number of nitriles is 2. The minimum Gasteiger partial charge on any atom is -0.489 e. The van der Waals surface area contributed by atoms with Crippen LogP contribution >= 0.6 is 0 Å². The van der Waals surface area contributed by atoms with E-state index in [4.69, 9.17) is 18.9 Å². The minimum atomic E-state index is -0.0827. The smallest absolute Gasteiger partial charge is 0.216 e. The maximum atomic E-state index is 11.2. The lowest BCUT2D eigenvalue weighted by Crippen LogP contribution is -2.30. The Morgan fingerprint density at radius 1 is 0.552 bits per heavy atom. The van der Waals surface area contributed by atoms with Crippen molar-refractivity contribution in [3.8, 4) is 35.1 Å². The third-order valence-corrected chi connectivity index (χ3v) is 8.50. The molecule has 2 amide bonds. The second kappa shape index (κ2) is 22.5. The van der Waals surface area contributed by atoms with Crippen molar-refractivity contribution in [3.63, 3.8) is 0 Å². The zero-order valence-corrected chi connectivity index (χ0v) is 32.5. The van der Waals surface area contributed by atoms with E-state index in [-0.39, 0.29) is 25.0 Å². The molecule has 5 rings (SSSR count). The number of carbonyl (C=O) groups is 2. The fourth-order valence-electron chi connectivity index (χ4n) is 5.63. The van der Waals surface area contributed by atoms with Gasteiger partial charge in [0, 0.05) is 112 Å². The molecule has 0 radical (unpaired) electrons. The van der Waals surface area contributed by atoms with Crippen LogP contribution in [0.25, 0.3) is 0 Å². The normalized spacial score (nSPS) is 10.5. The molecule has 2 aromatic heterocycles. The summed E-state index contributed by atoms with van der Waals surface area (Å²) >= 11 is 0. The average molecular weight is 783 g/mol. The first kappa shape index (κ1) is 42.1. The van der Waals surface area contributed by atoms with Gasteiger partial charge < -0.3 is 40.2 Å². The Labute approximate surface area is 338 Å². The number of pyridine rings is 2. The standard InChI is InChI=1S/C44H46N8O6/c1-31(53)51-12-10-47-25-39-6-8-41(17-43(39)57-29-37-15-35(19-45)21-49-23-37)55-27-33-4-3-5-34(14-33)28-56-42-9-7-40(26-48-11-13-52-32(2)54)44(18-42)58-30-38-16-36(20-46)22-50-24-38/h3-9,14-18,21-24,47-48H,10-13,25-30H2,1-2H3,(H,51,53)(H,52,54). The van der Waals surface area contributed by atoms with Gasteiger partial charge in [-0.3, -0.25) is 19.6 Å². The third-order valence-electron chi connectivity index (χ3n) is 8.50. The summed E-state index contributed by atoms with van der Waals surface area (Å²) in [5.74, 6) is 2.32. The number of nitrogens with one attached hydrogen (secondary N) is 4. The molecule has 0 unspecified atom stereocenters. The molecule has 2 heterocycles. The van der Waals surface area contributed by atoms with E-state index in [9.17, 15) is 20.1 Å².